The van der Waals surface area contributed by atoms with Crippen molar-refractivity contribution in [2.75, 3.05) is 50.8 Å². The third-order valence-corrected chi connectivity index (χ3v) is 5.60. The molecule has 4 amide bonds. The van der Waals surface area contributed by atoms with Crippen LogP contribution in [0, 0.1) is 5.82 Å². The molecule has 1 aromatic carbocycles. The van der Waals surface area contributed by atoms with Gasteiger partial charge >= 0.3 is 12.2 Å². The maximum absolute atomic E-state index is 14.6. The molecule has 204 valence electrons. The fourth-order valence-corrected chi connectivity index (χ4v) is 3.76. The van der Waals surface area contributed by atoms with Crippen LogP contribution in [0.15, 0.2) is 18.2 Å². The van der Waals surface area contributed by atoms with Gasteiger partial charge in [0.2, 0.25) is 5.91 Å². The van der Waals surface area contributed by atoms with E-state index in [-0.39, 0.29) is 56.6 Å². The van der Waals surface area contributed by atoms with E-state index >= 15 is 0 Å². The van der Waals surface area contributed by atoms with Gasteiger partial charge in [0.1, 0.15) is 18.3 Å². The van der Waals surface area contributed by atoms with Crippen molar-refractivity contribution in [3.63, 3.8) is 0 Å². The summed E-state index contributed by atoms with van der Waals surface area (Å²) >= 11 is 0. The smallest absolute Gasteiger partial charge is 0.414 e. The molecule has 13 heteroatoms. The molecule has 0 aromatic heterocycles. The second-order valence-electron chi connectivity index (χ2n) is 9.79. The fourth-order valence-electron chi connectivity index (χ4n) is 3.76. The SMILES string of the molecule is CC(=O)NC[C@H]1CN(c2ccc(OCC(O)C(=O)N3CCN(C(=O)OC(C)(C)C)CC3)c(F)c2)C(=O)O1. The van der Waals surface area contributed by atoms with Crippen molar-refractivity contribution in [3.05, 3.63) is 24.0 Å². The molecule has 2 aliphatic heterocycles. The van der Waals surface area contributed by atoms with Gasteiger partial charge in [-0.25, -0.2) is 14.0 Å². The zero-order valence-corrected chi connectivity index (χ0v) is 21.4. The molecule has 37 heavy (non-hydrogen) atoms. The van der Waals surface area contributed by atoms with Crippen molar-refractivity contribution < 1.29 is 42.9 Å². The molecule has 0 spiro atoms. The number of aliphatic hydroxyl groups is 1. The van der Waals surface area contributed by atoms with Crippen LogP contribution in [-0.2, 0) is 19.1 Å². The Morgan fingerprint density at radius 3 is 2.43 bits per heavy atom. The van der Waals surface area contributed by atoms with Crippen molar-refractivity contribution >= 4 is 29.7 Å². The summed E-state index contributed by atoms with van der Waals surface area (Å²) in [6.45, 7) is 7.39. The third-order valence-electron chi connectivity index (χ3n) is 5.60. The second kappa shape index (κ2) is 11.6. The summed E-state index contributed by atoms with van der Waals surface area (Å²) in [5.74, 6) is -1.84. The Morgan fingerprint density at radius 2 is 1.84 bits per heavy atom. The van der Waals surface area contributed by atoms with E-state index in [1.165, 1.54) is 33.8 Å². The maximum atomic E-state index is 14.6. The topological polar surface area (TPSA) is 138 Å². The van der Waals surface area contributed by atoms with E-state index in [4.69, 9.17) is 14.2 Å². The molecule has 3 rings (SSSR count). The molecule has 2 fully saturated rings. The minimum Gasteiger partial charge on any atom is -0.487 e. The number of carbonyl (C=O) groups is 4. The lowest BCUT2D eigenvalue weighted by Gasteiger charge is -2.36. The number of piperazine rings is 1. The van der Waals surface area contributed by atoms with E-state index in [0.29, 0.717) is 0 Å². The van der Waals surface area contributed by atoms with Crippen molar-refractivity contribution in [3.8, 4) is 5.75 Å². The van der Waals surface area contributed by atoms with Gasteiger partial charge in [-0.1, -0.05) is 0 Å². The predicted octanol–water partition coefficient (Wildman–Crippen LogP) is 1.11. The molecule has 2 aliphatic rings. The number of cyclic esters (lactones) is 1. The number of nitrogens with zero attached hydrogens (tertiary/aromatic N) is 3. The van der Waals surface area contributed by atoms with Crippen molar-refractivity contribution in [2.45, 2.75) is 45.5 Å². The van der Waals surface area contributed by atoms with Gasteiger partial charge < -0.3 is 34.4 Å². The van der Waals surface area contributed by atoms with Crippen molar-refractivity contribution in [2.24, 2.45) is 0 Å². The number of halogens is 1. The van der Waals surface area contributed by atoms with Gasteiger partial charge in [0.05, 0.1) is 18.8 Å². The quantitative estimate of drug-likeness (QED) is 0.541. The third kappa shape index (κ3) is 7.68. The highest BCUT2D eigenvalue weighted by atomic mass is 19.1. The number of anilines is 1. The van der Waals surface area contributed by atoms with E-state index in [0.717, 1.165) is 6.07 Å². The average molecular weight is 525 g/mol. The number of amides is 4. The first-order chi connectivity index (χ1) is 17.3. The van der Waals surface area contributed by atoms with Gasteiger partial charge in [-0.15, -0.1) is 0 Å². The summed E-state index contributed by atoms with van der Waals surface area (Å²) in [6.07, 6.45) is -3.23. The Bertz CT molecular complexity index is 1020. The number of carbonyl (C=O) groups excluding carboxylic acids is 4. The number of nitrogens with one attached hydrogen (secondary N) is 1. The van der Waals surface area contributed by atoms with Crippen LogP contribution in [0.25, 0.3) is 0 Å². The van der Waals surface area contributed by atoms with E-state index in [9.17, 15) is 28.7 Å². The molecule has 0 bridgehead atoms. The van der Waals surface area contributed by atoms with E-state index in [1.54, 1.807) is 20.8 Å². The lowest BCUT2D eigenvalue weighted by atomic mass is 10.2. The van der Waals surface area contributed by atoms with Crippen LogP contribution in [0.5, 0.6) is 5.75 Å². The zero-order chi connectivity index (χ0) is 27.3. The lowest BCUT2D eigenvalue weighted by Crippen LogP contribution is -2.54. The maximum Gasteiger partial charge on any atom is 0.414 e. The first-order valence-corrected chi connectivity index (χ1v) is 11.9. The number of ether oxygens (including phenoxy) is 3. The number of aliphatic hydroxyl groups excluding tert-OH is 1. The largest absolute Gasteiger partial charge is 0.487 e. The highest BCUT2D eigenvalue weighted by Gasteiger charge is 2.33. The summed E-state index contributed by atoms with van der Waals surface area (Å²) in [5, 5.41) is 12.8. The molecule has 12 nitrogen and oxygen atoms in total. The molecule has 2 N–H and O–H groups in total. The van der Waals surface area contributed by atoms with Gasteiger partial charge in [-0.05, 0) is 32.9 Å². The van der Waals surface area contributed by atoms with Gasteiger partial charge in [0, 0.05) is 39.2 Å². The number of hydrogen-bond acceptors (Lipinski definition) is 8. The molecule has 2 atom stereocenters. The number of rotatable bonds is 7. The number of hydrogen-bond donors (Lipinski definition) is 2. The van der Waals surface area contributed by atoms with Gasteiger partial charge in [-0.2, -0.15) is 0 Å². The van der Waals surface area contributed by atoms with Crippen LogP contribution < -0.4 is 15.0 Å². The first-order valence-electron chi connectivity index (χ1n) is 11.9. The molecule has 2 heterocycles. The van der Waals surface area contributed by atoms with Crippen molar-refractivity contribution in [1.82, 2.24) is 15.1 Å². The Labute approximate surface area is 214 Å². The standard InChI is InChI=1S/C24H33FN4O8/c1-15(30)26-12-17-13-29(23(34)36-17)16-5-6-20(18(25)11-16)35-14-19(31)21(32)27-7-9-28(10-8-27)22(33)37-24(2,3)4/h5-6,11,17,19,31H,7-10,12-14H2,1-4H3,(H,26,30)/t17-,19?/m0/s1. The monoisotopic (exact) mass is 524 g/mol. The highest BCUT2D eigenvalue weighted by Crippen LogP contribution is 2.27. The molecule has 0 radical (unpaired) electrons. The van der Waals surface area contributed by atoms with Crippen LogP contribution in [0.3, 0.4) is 0 Å². The molecular formula is C24H33FN4O8. The van der Waals surface area contributed by atoms with Crippen LogP contribution in [-0.4, -0.2) is 103 Å². The normalized spacial score (nSPS) is 18.8. The Balaban J connectivity index is 1.48. The minimum absolute atomic E-state index is 0.132. The highest BCUT2D eigenvalue weighted by molar-refractivity contribution is 5.90. The lowest BCUT2D eigenvalue weighted by molar-refractivity contribution is -0.143. The second-order valence-corrected chi connectivity index (χ2v) is 9.79. The van der Waals surface area contributed by atoms with Crippen molar-refractivity contribution in [1.29, 1.82) is 0 Å². The summed E-state index contributed by atoms with van der Waals surface area (Å²) in [5.41, 5.74) is -0.390. The predicted molar refractivity (Wildman–Crippen MR) is 129 cm³/mol. The zero-order valence-electron chi connectivity index (χ0n) is 21.4. The van der Waals surface area contributed by atoms with E-state index in [2.05, 4.69) is 5.32 Å². The van der Waals surface area contributed by atoms with Crippen LogP contribution in [0.4, 0.5) is 19.7 Å². The summed E-state index contributed by atoms with van der Waals surface area (Å²) in [4.78, 5) is 52.0. The van der Waals surface area contributed by atoms with E-state index in [1.807, 2.05) is 0 Å². The van der Waals surface area contributed by atoms with Crippen LogP contribution >= 0.6 is 0 Å². The summed E-state index contributed by atoms with van der Waals surface area (Å²) < 4.78 is 30.4. The van der Waals surface area contributed by atoms with Crippen LogP contribution in [0.1, 0.15) is 27.7 Å². The van der Waals surface area contributed by atoms with Gasteiger partial charge in [0.15, 0.2) is 17.7 Å². The Morgan fingerprint density at radius 1 is 1.19 bits per heavy atom. The minimum atomic E-state index is -1.53. The van der Waals surface area contributed by atoms with Crippen LogP contribution in [0.2, 0.25) is 0 Å². The Kier molecular flexibility index (Phi) is 8.79. The fraction of sp³-hybridized carbons (Fsp3) is 0.583. The number of benzene rings is 1. The van der Waals surface area contributed by atoms with E-state index < -0.39 is 48.3 Å². The van der Waals surface area contributed by atoms with Gasteiger partial charge in [0.25, 0.3) is 5.91 Å². The molecule has 1 aromatic rings. The molecule has 0 aliphatic carbocycles. The molecular weight excluding hydrogens is 491 g/mol. The molecule has 2 saturated heterocycles. The summed E-state index contributed by atoms with van der Waals surface area (Å²) in [6, 6.07) is 3.82. The molecule has 0 saturated carbocycles. The average Bonchev–Trinajstić information content (AvgIpc) is 3.20. The first kappa shape index (κ1) is 28.0. The molecule has 1 unspecified atom stereocenters. The summed E-state index contributed by atoms with van der Waals surface area (Å²) in [7, 11) is 0. The van der Waals surface area contributed by atoms with Gasteiger partial charge in [-0.3, -0.25) is 14.5 Å². The Hall–Kier alpha value is -3.61.